The molecule has 1 saturated heterocycles. The maximum absolute atomic E-state index is 6.02. The van der Waals surface area contributed by atoms with Crippen molar-refractivity contribution in [3.05, 3.63) is 23.8 Å². The molecule has 1 aliphatic heterocycles. The van der Waals surface area contributed by atoms with Crippen molar-refractivity contribution in [3.63, 3.8) is 0 Å². The summed E-state index contributed by atoms with van der Waals surface area (Å²) in [5, 5.41) is 3.45. The summed E-state index contributed by atoms with van der Waals surface area (Å²) in [6, 6.07) is 6.05. The van der Waals surface area contributed by atoms with Crippen molar-refractivity contribution in [1.29, 1.82) is 0 Å². The Balaban J connectivity index is 2.46. The van der Waals surface area contributed by atoms with Crippen molar-refractivity contribution in [1.82, 2.24) is 5.32 Å². The van der Waals surface area contributed by atoms with Crippen molar-refractivity contribution in [3.8, 4) is 11.5 Å². The highest BCUT2D eigenvalue weighted by Crippen LogP contribution is 2.45. The van der Waals surface area contributed by atoms with Crippen LogP contribution in [0.4, 0.5) is 0 Å². The minimum atomic E-state index is 0.131. The highest BCUT2D eigenvalue weighted by molar-refractivity contribution is 5.47. The van der Waals surface area contributed by atoms with Gasteiger partial charge < -0.3 is 19.5 Å². The number of nitrogens with one attached hydrogen (secondary N) is 1. The van der Waals surface area contributed by atoms with Crippen molar-refractivity contribution < 1.29 is 14.2 Å². The van der Waals surface area contributed by atoms with Gasteiger partial charge in [0.25, 0.3) is 0 Å². The molecule has 1 heterocycles. The standard InChI is InChI=1S/C17H27NO3/c1-10-11(2)21-12(3)15(10)17(18-4)16-13(19-5)8-7-9-14(16)20-6/h7-12,15,17-18H,1-6H3. The molecular weight excluding hydrogens is 266 g/mol. The smallest absolute Gasteiger partial charge is 0.127 e. The summed E-state index contributed by atoms with van der Waals surface area (Å²) in [4.78, 5) is 0. The molecule has 118 valence electrons. The summed E-state index contributed by atoms with van der Waals surface area (Å²) in [6.07, 6.45) is 0.462. The fraction of sp³-hybridized carbons (Fsp3) is 0.647. The minimum absolute atomic E-state index is 0.131. The Morgan fingerprint density at radius 3 is 2.00 bits per heavy atom. The summed E-state index contributed by atoms with van der Waals surface area (Å²) >= 11 is 0. The van der Waals surface area contributed by atoms with E-state index in [0.29, 0.717) is 11.8 Å². The number of benzene rings is 1. The molecule has 0 spiro atoms. The zero-order valence-electron chi connectivity index (χ0n) is 13.8. The third-order valence-electron chi connectivity index (χ3n) is 4.79. The molecular formula is C17H27NO3. The Kier molecular flexibility index (Phi) is 5.12. The van der Waals surface area contributed by atoms with Crippen LogP contribution in [0.1, 0.15) is 32.4 Å². The third-order valence-corrected chi connectivity index (χ3v) is 4.79. The Bertz CT molecular complexity index is 455. The summed E-state index contributed by atoms with van der Waals surface area (Å²) in [7, 11) is 5.39. The Morgan fingerprint density at radius 1 is 1.05 bits per heavy atom. The molecule has 4 nitrogen and oxygen atoms in total. The molecule has 1 aliphatic rings. The van der Waals surface area contributed by atoms with Gasteiger partial charge in [0.1, 0.15) is 11.5 Å². The van der Waals surface area contributed by atoms with E-state index in [1.807, 2.05) is 25.2 Å². The molecule has 1 aromatic rings. The van der Waals surface area contributed by atoms with Crippen LogP contribution in [-0.2, 0) is 4.74 Å². The van der Waals surface area contributed by atoms with E-state index in [-0.39, 0.29) is 18.2 Å². The third kappa shape index (κ3) is 2.87. The number of hydrogen-bond acceptors (Lipinski definition) is 4. The van der Waals surface area contributed by atoms with E-state index < -0.39 is 0 Å². The second-order valence-electron chi connectivity index (χ2n) is 5.83. The molecule has 0 saturated carbocycles. The van der Waals surface area contributed by atoms with E-state index in [4.69, 9.17) is 14.2 Å². The average molecular weight is 293 g/mol. The van der Waals surface area contributed by atoms with Gasteiger partial charge in [-0.05, 0) is 38.9 Å². The average Bonchev–Trinajstić information content (AvgIpc) is 2.74. The van der Waals surface area contributed by atoms with Crippen LogP contribution in [-0.4, -0.2) is 33.5 Å². The number of hydrogen-bond donors (Lipinski definition) is 1. The highest BCUT2D eigenvalue weighted by atomic mass is 16.5. The molecule has 2 rings (SSSR count). The van der Waals surface area contributed by atoms with Gasteiger partial charge in [0.2, 0.25) is 0 Å². The fourth-order valence-corrected chi connectivity index (χ4v) is 3.58. The van der Waals surface area contributed by atoms with Gasteiger partial charge in [-0.15, -0.1) is 0 Å². The van der Waals surface area contributed by atoms with Crippen LogP contribution in [0.2, 0.25) is 0 Å². The first-order valence-corrected chi connectivity index (χ1v) is 7.58. The molecule has 5 atom stereocenters. The maximum Gasteiger partial charge on any atom is 0.127 e. The first-order chi connectivity index (χ1) is 10.0. The largest absolute Gasteiger partial charge is 0.496 e. The normalized spacial score (nSPS) is 30.2. The molecule has 0 bridgehead atoms. The van der Waals surface area contributed by atoms with Crippen molar-refractivity contribution in [2.24, 2.45) is 11.8 Å². The molecule has 0 aromatic heterocycles. The van der Waals surface area contributed by atoms with E-state index in [2.05, 4.69) is 26.1 Å². The van der Waals surface area contributed by atoms with Gasteiger partial charge >= 0.3 is 0 Å². The first kappa shape index (κ1) is 16.1. The Labute approximate surface area is 127 Å². The van der Waals surface area contributed by atoms with Crippen molar-refractivity contribution in [2.75, 3.05) is 21.3 Å². The van der Waals surface area contributed by atoms with Crippen LogP contribution in [0.25, 0.3) is 0 Å². The molecule has 0 amide bonds. The number of methoxy groups -OCH3 is 2. The van der Waals surface area contributed by atoms with Crippen LogP contribution in [0, 0.1) is 11.8 Å². The van der Waals surface area contributed by atoms with E-state index in [0.717, 1.165) is 17.1 Å². The number of rotatable bonds is 5. The second kappa shape index (κ2) is 6.67. The zero-order valence-corrected chi connectivity index (χ0v) is 13.8. The van der Waals surface area contributed by atoms with E-state index in [1.54, 1.807) is 14.2 Å². The van der Waals surface area contributed by atoms with Crippen LogP contribution in [0.3, 0.4) is 0 Å². The molecule has 1 fully saturated rings. The van der Waals surface area contributed by atoms with Crippen LogP contribution >= 0.6 is 0 Å². The van der Waals surface area contributed by atoms with Gasteiger partial charge in [0.15, 0.2) is 0 Å². The van der Waals surface area contributed by atoms with Crippen molar-refractivity contribution >= 4 is 0 Å². The zero-order chi connectivity index (χ0) is 15.6. The Morgan fingerprint density at radius 2 is 1.62 bits per heavy atom. The molecule has 4 heteroatoms. The lowest BCUT2D eigenvalue weighted by Crippen LogP contribution is -2.33. The summed E-state index contributed by atoms with van der Waals surface area (Å²) in [5.74, 6) is 2.54. The predicted molar refractivity (Wildman–Crippen MR) is 84.0 cm³/mol. The van der Waals surface area contributed by atoms with Gasteiger partial charge in [-0.1, -0.05) is 13.0 Å². The molecule has 21 heavy (non-hydrogen) atoms. The Hall–Kier alpha value is -1.26. The molecule has 1 aromatic carbocycles. The van der Waals surface area contributed by atoms with Crippen molar-refractivity contribution in [2.45, 2.75) is 39.0 Å². The maximum atomic E-state index is 6.02. The molecule has 0 radical (unpaired) electrons. The van der Waals surface area contributed by atoms with Crippen LogP contribution < -0.4 is 14.8 Å². The van der Waals surface area contributed by atoms with Gasteiger partial charge in [-0.2, -0.15) is 0 Å². The van der Waals surface area contributed by atoms with E-state index in [9.17, 15) is 0 Å². The molecule has 0 aliphatic carbocycles. The summed E-state index contributed by atoms with van der Waals surface area (Å²) in [6.45, 7) is 6.55. The number of ether oxygens (including phenoxy) is 3. The van der Waals surface area contributed by atoms with Gasteiger partial charge in [0.05, 0.1) is 32.0 Å². The molecule has 5 unspecified atom stereocenters. The summed E-state index contributed by atoms with van der Waals surface area (Å²) in [5.41, 5.74) is 1.08. The fourth-order valence-electron chi connectivity index (χ4n) is 3.58. The second-order valence-corrected chi connectivity index (χ2v) is 5.83. The van der Waals surface area contributed by atoms with E-state index >= 15 is 0 Å². The van der Waals surface area contributed by atoms with Gasteiger partial charge in [-0.3, -0.25) is 0 Å². The SMILES string of the molecule is CNC(c1c(OC)cccc1OC)C1C(C)OC(C)C1C. The topological polar surface area (TPSA) is 39.7 Å². The lowest BCUT2D eigenvalue weighted by Gasteiger charge is -2.31. The van der Waals surface area contributed by atoms with Gasteiger partial charge in [-0.25, -0.2) is 0 Å². The van der Waals surface area contributed by atoms with Crippen LogP contribution in [0.5, 0.6) is 11.5 Å². The summed E-state index contributed by atoms with van der Waals surface area (Å²) < 4.78 is 17.1. The monoisotopic (exact) mass is 293 g/mol. The van der Waals surface area contributed by atoms with Crippen LogP contribution in [0.15, 0.2) is 18.2 Å². The molecule has 1 N–H and O–H groups in total. The van der Waals surface area contributed by atoms with Gasteiger partial charge in [0, 0.05) is 12.0 Å². The lowest BCUT2D eigenvalue weighted by atomic mass is 9.80. The lowest BCUT2D eigenvalue weighted by molar-refractivity contribution is 0.0476. The predicted octanol–water partition coefficient (Wildman–Crippen LogP) is 3.02. The first-order valence-electron chi connectivity index (χ1n) is 7.58. The minimum Gasteiger partial charge on any atom is -0.496 e. The quantitative estimate of drug-likeness (QED) is 0.906. The van der Waals surface area contributed by atoms with E-state index in [1.165, 1.54) is 0 Å². The highest BCUT2D eigenvalue weighted by Gasteiger charge is 2.43.